The molecular weight excluding hydrogens is 469 g/mol. The van der Waals surface area contributed by atoms with Crippen molar-refractivity contribution >= 4 is 46.4 Å². The number of hydrogen-bond donors (Lipinski definition) is 2. The summed E-state index contributed by atoms with van der Waals surface area (Å²) in [4.78, 5) is 47.4. The molecule has 2 N–H and O–H groups in total. The molecule has 3 rings (SSSR count). The standard InChI is InChI=1S/C23H17ClFN3O6/c1-13-6-9-20(18(25)10-13)26-21(29)12-34-23(31)16-4-2-3-5-19(16)27-22(30)15-8-7-14(28(32)33)11-17(15)24/h2-11H,12H2,1H3,(H,26,29)(H,27,30). The van der Waals surface area contributed by atoms with Crippen LogP contribution in [0.3, 0.4) is 0 Å². The van der Waals surface area contributed by atoms with Gasteiger partial charge in [-0.25, -0.2) is 9.18 Å². The summed E-state index contributed by atoms with van der Waals surface area (Å²) in [5.41, 5.74) is 0.305. The average molecular weight is 486 g/mol. The molecule has 174 valence electrons. The molecule has 0 unspecified atom stereocenters. The fourth-order valence-corrected chi connectivity index (χ4v) is 3.14. The molecule has 2 amide bonds. The maximum absolute atomic E-state index is 13.9. The summed E-state index contributed by atoms with van der Waals surface area (Å²) in [5, 5.41) is 15.5. The molecule has 0 fully saturated rings. The van der Waals surface area contributed by atoms with Crippen molar-refractivity contribution < 1.29 is 28.4 Å². The zero-order valence-electron chi connectivity index (χ0n) is 17.6. The van der Waals surface area contributed by atoms with Gasteiger partial charge in [0.1, 0.15) is 5.82 Å². The van der Waals surface area contributed by atoms with Gasteiger partial charge in [0, 0.05) is 12.1 Å². The lowest BCUT2D eigenvalue weighted by atomic mass is 10.1. The third-order valence-corrected chi connectivity index (χ3v) is 4.85. The summed E-state index contributed by atoms with van der Waals surface area (Å²) in [6.45, 7) is 1.00. The number of carbonyl (C=O) groups excluding carboxylic acids is 3. The molecule has 0 aliphatic heterocycles. The second-order valence-electron chi connectivity index (χ2n) is 7.03. The molecule has 0 heterocycles. The summed E-state index contributed by atoms with van der Waals surface area (Å²) in [5.74, 6) is -3.01. The van der Waals surface area contributed by atoms with Crippen LogP contribution in [-0.2, 0) is 9.53 Å². The second-order valence-corrected chi connectivity index (χ2v) is 7.44. The quantitative estimate of drug-likeness (QED) is 0.282. The van der Waals surface area contributed by atoms with Crippen molar-refractivity contribution in [3.63, 3.8) is 0 Å². The summed E-state index contributed by atoms with van der Waals surface area (Å²) in [7, 11) is 0. The number of ether oxygens (including phenoxy) is 1. The highest BCUT2D eigenvalue weighted by atomic mass is 35.5. The summed E-state index contributed by atoms with van der Waals surface area (Å²) in [6, 6.07) is 13.5. The van der Waals surface area contributed by atoms with Crippen LogP contribution >= 0.6 is 11.6 Å². The van der Waals surface area contributed by atoms with Gasteiger partial charge in [0.2, 0.25) is 0 Å². The van der Waals surface area contributed by atoms with E-state index >= 15 is 0 Å². The van der Waals surface area contributed by atoms with Crippen LogP contribution in [0.2, 0.25) is 5.02 Å². The zero-order valence-corrected chi connectivity index (χ0v) is 18.4. The molecular formula is C23H17ClFN3O6. The Bertz CT molecular complexity index is 1300. The van der Waals surface area contributed by atoms with Crippen LogP contribution in [0.25, 0.3) is 0 Å². The van der Waals surface area contributed by atoms with E-state index in [1.54, 1.807) is 19.1 Å². The number of halogens is 2. The number of aryl methyl sites for hydroxylation is 1. The minimum Gasteiger partial charge on any atom is -0.452 e. The third-order valence-electron chi connectivity index (χ3n) is 4.54. The maximum Gasteiger partial charge on any atom is 0.340 e. The first-order chi connectivity index (χ1) is 16.2. The fourth-order valence-electron chi connectivity index (χ4n) is 2.88. The number of rotatable bonds is 7. The Hall–Kier alpha value is -4.31. The van der Waals surface area contributed by atoms with E-state index in [9.17, 15) is 28.9 Å². The Balaban J connectivity index is 1.67. The van der Waals surface area contributed by atoms with Crippen molar-refractivity contribution in [2.45, 2.75) is 6.92 Å². The van der Waals surface area contributed by atoms with Crippen molar-refractivity contribution in [1.82, 2.24) is 0 Å². The Labute approximate surface area is 197 Å². The number of para-hydroxylation sites is 1. The highest BCUT2D eigenvalue weighted by Gasteiger charge is 2.19. The number of non-ortho nitro benzene ring substituents is 1. The van der Waals surface area contributed by atoms with Crippen molar-refractivity contribution in [1.29, 1.82) is 0 Å². The number of nitrogens with one attached hydrogen (secondary N) is 2. The number of nitro groups is 1. The minimum absolute atomic E-state index is 0.0464. The van der Waals surface area contributed by atoms with Crippen LogP contribution in [-0.4, -0.2) is 29.3 Å². The van der Waals surface area contributed by atoms with Crippen LogP contribution in [0.15, 0.2) is 60.7 Å². The van der Waals surface area contributed by atoms with Gasteiger partial charge in [-0.2, -0.15) is 0 Å². The van der Waals surface area contributed by atoms with Crippen molar-refractivity contribution in [2.75, 3.05) is 17.2 Å². The van der Waals surface area contributed by atoms with E-state index in [-0.39, 0.29) is 33.2 Å². The molecule has 0 atom stereocenters. The molecule has 0 saturated heterocycles. The molecule has 34 heavy (non-hydrogen) atoms. The van der Waals surface area contributed by atoms with E-state index < -0.39 is 35.1 Å². The molecule has 0 radical (unpaired) electrons. The van der Waals surface area contributed by atoms with Crippen LogP contribution in [0.1, 0.15) is 26.3 Å². The van der Waals surface area contributed by atoms with Gasteiger partial charge in [-0.05, 0) is 42.8 Å². The minimum atomic E-state index is -0.912. The van der Waals surface area contributed by atoms with Gasteiger partial charge >= 0.3 is 5.97 Å². The van der Waals surface area contributed by atoms with Gasteiger partial charge in [0.15, 0.2) is 6.61 Å². The Morgan fingerprint density at radius 3 is 2.41 bits per heavy atom. The first-order valence-corrected chi connectivity index (χ1v) is 10.1. The van der Waals surface area contributed by atoms with Crippen molar-refractivity contribution in [3.8, 4) is 0 Å². The number of carbonyl (C=O) groups is 3. The molecule has 3 aromatic carbocycles. The average Bonchev–Trinajstić information content (AvgIpc) is 2.79. The number of benzene rings is 3. The normalized spacial score (nSPS) is 10.3. The van der Waals surface area contributed by atoms with E-state index in [2.05, 4.69) is 10.6 Å². The highest BCUT2D eigenvalue weighted by molar-refractivity contribution is 6.34. The van der Waals surface area contributed by atoms with Crippen molar-refractivity contribution in [3.05, 3.63) is 98.3 Å². The second kappa shape index (κ2) is 10.5. The van der Waals surface area contributed by atoms with Gasteiger partial charge < -0.3 is 15.4 Å². The van der Waals surface area contributed by atoms with Gasteiger partial charge in [-0.15, -0.1) is 0 Å². The van der Waals surface area contributed by atoms with Gasteiger partial charge in [0.25, 0.3) is 17.5 Å². The number of hydrogen-bond acceptors (Lipinski definition) is 6. The number of nitrogens with zero attached hydrogens (tertiary/aromatic N) is 1. The fraction of sp³-hybridized carbons (Fsp3) is 0.0870. The number of nitro benzene ring substituents is 1. The largest absolute Gasteiger partial charge is 0.452 e. The van der Waals surface area contributed by atoms with Crippen LogP contribution in [0.4, 0.5) is 21.5 Å². The lowest BCUT2D eigenvalue weighted by Crippen LogP contribution is -2.22. The number of amides is 2. The maximum atomic E-state index is 13.9. The van der Waals surface area contributed by atoms with E-state index in [0.29, 0.717) is 5.56 Å². The van der Waals surface area contributed by atoms with E-state index in [1.165, 1.54) is 36.4 Å². The lowest BCUT2D eigenvalue weighted by molar-refractivity contribution is -0.384. The molecule has 0 aliphatic rings. The van der Waals surface area contributed by atoms with Gasteiger partial charge in [0.05, 0.1) is 32.4 Å². The lowest BCUT2D eigenvalue weighted by Gasteiger charge is -2.12. The van der Waals surface area contributed by atoms with E-state index in [1.807, 2.05) is 0 Å². The Kier molecular flexibility index (Phi) is 7.54. The number of anilines is 2. The Morgan fingerprint density at radius 1 is 1.00 bits per heavy atom. The predicted molar refractivity (Wildman–Crippen MR) is 123 cm³/mol. The first kappa shape index (κ1) is 24.3. The summed E-state index contributed by atoms with van der Waals surface area (Å²) in [6.07, 6.45) is 0. The first-order valence-electron chi connectivity index (χ1n) is 9.73. The van der Waals surface area contributed by atoms with Crippen LogP contribution in [0, 0.1) is 22.9 Å². The van der Waals surface area contributed by atoms with Gasteiger partial charge in [-0.1, -0.05) is 29.8 Å². The molecule has 11 heteroatoms. The number of esters is 1. The van der Waals surface area contributed by atoms with Crippen LogP contribution < -0.4 is 10.6 Å². The molecule has 3 aromatic rings. The predicted octanol–water partition coefficient (Wildman–Crippen LogP) is 4.74. The SMILES string of the molecule is Cc1ccc(NC(=O)COC(=O)c2ccccc2NC(=O)c2ccc([N+](=O)[O-])cc2Cl)c(F)c1. The third kappa shape index (κ3) is 5.93. The molecule has 0 saturated carbocycles. The molecule has 9 nitrogen and oxygen atoms in total. The molecule has 0 aliphatic carbocycles. The molecule has 0 spiro atoms. The van der Waals surface area contributed by atoms with Gasteiger partial charge in [-0.3, -0.25) is 19.7 Å². The smallest absolute Gasteiger partial charge is 0.340 e. The zero-order chi connectivity index (χ0) is 24.8. The summed E-state index contributed by atoms with van der Waals surface area (Å²) < 4.78 is 18.9. The molecule has 0 aromatic heterocycles. The molecule has 0 bridgehead atoms. The van der Waals surface area contributed by atoms with Crippen LogP contribution in [0.5, 0.6) is 0 Å². The Morgan fingerprint density at radius 2 is 1.74 bits per heavy atom. The monoisotopic (exact) mass is 485 g/mol. The van der Waals surface area contributed by atoms with Crippen molar-refractivity contribution in [2.24, 2.45) is 0 Å². The van der Waals surface area contributed by atoms with E-state index in [4.69, 9.17) is 16.3 Å². The van der Waals surface area contributed by atoms with E-state index in [0.717, 1.165) is 12.1 Å². The topological polar surface area (TPSA) is 128 Å². The summed E-state index contributed by atoms with van der Waals surface area (Å²) >= 11 is 5.98. The highest BCUT2D eigenvalue weighted by Crippen LogP contribution is 2.24.